The number of hydrogen-bond donors (Lipinski definition) is 2. The van der Waals surface area contributed by atoms with Crippen molar-refractivity contribution in [2.45, 2.75) is 24.9 Å². The molecule has 0 atom stereocenters. The minimum Gasteiger partial charge on any atom is -0.350 e. The van der Waals surface area contributed by atoms with E-state index in [1.54, 1.807) is 36.5 Å². The predicted molar refractivity (Wildman–Crippen MR) is 91.4 cm³/mol. The van der Waals surface area contributed by atoms with Crippen molar-refractivity contribution in [3.05, 3.63) is 59.9 Å². The molecule has 1 heterocycles. The Morgan fingerprint density at radius 3 is 2.38 bits per heavy atom. The molecule has 0 radical (unpaired) electrons. The smallest absolute Gasteiger partial charge is 0.258 e. The molecule has 3 rings (SSSR count). The summed E-state index contributed by atoms with van der Waals surface area (Å²) >= 11 is 0. The van der Waals surface area contributed by atoms with E-state index in [2.05, 4.69) is 10.3 Å². The van der Waals surface area contributed by atoms with Crippen LogP contribution in [0, 0.1) is 0 Å². The topological polar surface area (TPSA) is 88.3 Å². The van der Waals surface area contributed by atoms with Gasteiger partial charge in [-0.3, -0.25) is 14.6 Å². The average molecular weight is 324 g/mol. The summed E-state index contributed by atoms with van der Waals surface area (Å²) in [5.74, 6) is -0.200. The number of aromatic nitrogens is 1. The quantitative estimate of drug-likeness (QED) is 0.871. The molecule has 0 saturated heterocycles. The van der Waals surface area contributed by atoms with Crippen LogP contribution >= 0.6 is 0 Å². The number of nitrogens with zero attached hydrogens (tertiary/aromatic N) is 2. The van der Waals surface area contributed by atoms with Crippen LogP contribution in [0.2, 0.25) is 0 Å². The van der Waals surface area contributed by atoms with Gasteiger partial charge >= 0.3 is 0 Å². The van der Waals surface area contributed by atoms with Crippen molar-refractivity contribution in [3.63, 3.8) is 0 Å². The molecule has 6 heteroatoms. The fourth-order valence-corrected chi connectivity index (χ4v) is 2.36. The standard InChI is InChI=1S/C18H20N4O2/c1-22(16(23)14-6-10-20-11-7-14)15-4-2-13(3-5-15)12-21-17(24)18(19)8-9-18/h2-7,10-11H,8-9,12,19H2,1H3,(H,21,24). The van der Waals surface area contributed by atoms with Gasteiger partial charge in [-0.05, 0) is 42.7 Å². The lowest BCUT2D eigenvalue weighted by molar-refractivity contribution is -0.123. The van der Waals surface area contributed by atoms with E-state index < -0.39 is 5.54 Å². The first-order valence-electron chi connectivity index (χ1n) is 7.84. The van der Waals surface area contributed by atoms with E-state index in [0.717, 1.165) is 24.1 Å². The number of benzene rings is 1. The van der Waals surface area contributed by atoms with Crippen LogP contribution in [-0.4, -0.2) is 29.4 Å². The molecule has 1 aromatic heterocycles. The Bertz CT molecular complexity index is 739. The second kappa shape index (κ2) is 6.41. The zero-order valence-electron chi connectivity index (χ0n) is 13.5. The molecule has 0 unspecified atom stereocenters. The first-order chi connectivity index (χ1) is 11.5. The van der Waals surface area contributed by atoms with Gasteiger partial charge in [-0.1, -0.05) is 12.1 Å². The SMILES string of the molecule is CN(C(=O)c1ccncc1)c1ccc(CNC(=O)C2(N)CC2)cc1. The predicted octanol–water partition coefficient (Wildman–Crippen LogP) is 1.47. The van der Waals surface area contributed by atoms with Gasteiger partial charge < -0.3 is 16.0 Å². The highest BCUT2D eigenvalue weighted by Gasteiger charge is 2.45. The lowest BCUT2D eigenvalue weighted by Gasteiger charge is -2.18. The molecule has 0 aliphatic heterocycles. The molecule has 1 aliphatic carbocycles. The van der Waals surface area contributed by atoms with Gasteiger partial charge in [0.1, 0.15) is 0 Å². The van der Waals surface area contributed by atoms with Gasteiger partial charge in [0.15, 0.2) is 0 Å². The summed E-state index contributed by atoms with van der Waals surface area (Å²) in [7, 11) is 1.73. The monoisotopic (exact) mass is 324 g/mol. The van der Waals surface area contributed by atoms with Crippen molar-refractivity contribution < 1.29 is 9.59 Å². The number of nitrogens with one attached hydrogen (secondary N) is 1. The van der Waals surface area contributed by atoms with Crippen LogP contribution in [0.5, 0.6) is 0 Å². The highest BCUT2D eigenvalue weighted by atomic mass is 16.2. The van der Waals surface area contributed by atoms with Crippen LogP contribution in [0.4, 0.5) is 5.69 Å². The third-order valence-corrected chi connectivity index (χ3v) is 4.25. The molecule has 2 aromatic rings. The molecule has 24 heavy (non-hydrogen) atoms. The Labute approximate surface area is 140 Å². The van der Waals surface area contributed by atoms with Crippen molar-refractivity contribution in [2.75, 3.05) is 11.9 Å². The Kier molecular flexibility index (Phi) is 4.31. The van der Waals surface area contributed by atoms with Crippen molar-refractivity contribution in [1.82, 2.24) is 10.3 Å². The first-order valence-corrected chi connectivity index (χ1v) is 7.84. The maximum absolute atomic E-state index is 12.4. The number of amides is 2. The third-order valence-electron chi connectivity index (χ3n) is 4.25. The van der Waals surface area contributed by atoms with Crippen LogP contribution < -0.4 is 16.0 Å². The minimum absolute atomic E-state index is 0.0998. The van der Waals surface area contributed by atoms with E-state index in [4.69, 9.17) is 5.73 Å². The number of carbonyl (C=O) groups is 2. The maximum atomic E-state index is 12.4. The van der Waals surface area contributed by atoms with Gasteiger partial charge in [0.05, 0.1) is 5.54 Å². The number of carbonyl (C=O) groups excluding carboxylic acids is 2. The Balaban J connectivity index is 1.61. The molecule has 1 saturated carbocycles. The number of hydrogen-bond acceptors (Lipinski definition) is 4. The zero-order valence-corrected chi connectivity index (χ0v) is 13.5. The lowest BCUT2D eigenvalue weighted by atomic mass is 10.1. The molecular weight excluding hydrogens is 304 g/mol. The lowest BCUT2D eigenvalue weighted by Crippen LogP contribution is -2.42. The van der Waals surface area contributed by atoms with Gasteiger partial charge in [-0.25, -0.2) is 0 Å². The van der Waals surface area contributed by atoms with Crippen molar-refractivity contribution >= 4 is 17.5 Å². The van der Waals surface area contributed by atoms with Crippen LogP contribution in [0.25, 0.3) is 0 Å². The summed E-state index contributed by atoms with van der Waals surface area (Å²) in [5, 5.41) is 2.85. The molecule has 0 bridgehead atoms. The highest BCUT2D eigenvalue weighted by Crippen LogP contribution is 2.32. The van der Waals surface area contributed by atoms with E-state index in [1.165, 1.54) is 0 Å². The van der Waals surface area contributed by atoms with Crippen molar-refractivity contribution in [1.29, 1.82) is 0 Å². The number of nitrogens with two attached hydrogens (primary N) is 1. The van der Waals surface area contributed by atoms with Crippen LogP contribution in [0.1, 0.15) is 28.8 Å². The molecule has 124 valence electrons. The second-order valence-corrected chi connectivity index (χ2v) is 6.11. The first kappa shape index (κ1) is 16.1. The van der Waals surface area contributed by atoms with E-state index in [9.17, 15) is 9.59 Å². The van der Waals surface area contributed by atoms with Crippen molar-refractivity contribution in [2.24, 2.45) is 5.73 Å². The number of anilines is 1. The van der Waals surface area contributed by atoms with E-state index in [1.807, 2.05) is 24.3 Å². The van der Waals surface area contributed by atoms with E-state index in [0.29, 0.717) is 12.1 Å². The summed E-state index contributed by atoms with van der Waals surface area (Å²) < 4.78 is 0. The summed E-state index contributed by atoms with van der Waals surface area (Å²) in [4.78, 5) is 29.7. The van der Waals surface area contributed by atoms with Gasteiger partial charge in [0, 0.05) is 37.2 Å². The molecule has 1 aromatic carbocycles. The number of pyridine rings is 1. The van der Waals surface area contributed by atoms with Gasteiger partial charge in [0.2, 0.25) is 5.91 Å². The molecule has 1 aliphatic rings. The molecule has 6 nitrogen and oxygen atoms in total. The molecule has 3 N–H and O–H groups in total. The molecule has 2 amide bonds. The fourth-order valence-electron chi connectivity index (χ4n) is 2.36. The Morgan fingerprint density at radius 1 is 1.17 bits per heavy atom. The summed E-state index contributed by atoms with van der Waals surface area (Å²) in [5.41, 5.74) is 7.52. The van der Waals surface area contributed by atoms with Gasteiger partial charge in [-0.2, -0.15) is 0 Å². The van der Waals surface area contributed by atoms with Crippen molar-refractivity contribution in [3.8, 4) is 0 Å². The normalized spacial score (nSPS) is 14.8. The Morgan fingerprint density at radius 2 is 1.79 bits per heavy atom. The van der Waals surface area contributed by atoms with Gasteiger partial charge in [0.25, 0.3) is 5.91 Å². The van der Waals surface area contributed by atoms with Crippen LogP contribution in [-0.2, 0) is 11.3 Å². The zero-order chi connectivity index (χ0) is 17.2. The van der Waals surface area contributed by atoms with Gasteiger partial charge in [-0.15, -0.1) is 0 Å². The molecule has 0 spiro atoms. The largest absolute Gasteiger partial charge is 0.350 e. The highest BCUT2D eigenvalue weighted by molar-refractivity contribution is 6.05. The minimum atomic E-state index is -0.656. The van der Waals surface area contributed by atoms with E-state index in [-0.39, 0.29) is 11.8 Å². The maximum Gasteiger partial charge on any atom is 0.258 e. The third kappa shape index (κ3) is 3.44. The molecule has 1 fully saturated rings. The summed E-state index contributed by atoms with van der Waals surface area (Å²) in [6.07, 6.45) is 4.69. The molecular formula is C18H20N4O2. The fraction of sp³-hybridized carbons (Fsp3) is 0.278. The Hall–Kier alpha value is -2.73. The number of rotatable bonds is 5. The van der Waals surface area contributed by atoms with E-state index >= 15 is 0 Å². The second-order valence-electron chi connectivity index (χ2n) is 6.11. The van der Waals surface area contributed by atoms with Crippen LogP contribution in [0.3, 0.4) is 0 Å². The summed E-state index contributed by atoms with van der Waals surface area (Å²) in [6.45, 7) is 0.431. The van der Waals surface area contributed by atoms with Crippen LogP contribution in [0.15, 0.2) is 48.8 Å². The summed E-state index contributed by atoms with van der Waals surface area (Å²) in [6, 6.07) is 10.9. The average Bonchev–Trinajstić information content (AvgIpc) is 3.38.